The van der Waals surface area contributed by atoms with E-state index < -0.39 is 17.6 Å². The Labute approximate surface area is 150 Å². The average molecular weight is 353 g/mol. The highest BCUT2D eigenvalue weighted by molar-refractivity contribution is 5.86. The predicted octanol–water partition coefficient (Wildman–Crippen LogP) is 2.96. The van der Waals surface area contributed by atoms with Crippen LogP contribution in [0.25, 0.3) is 11.1 Å². The molecule has 1 aliphatic rings. The van der Waals surface area contributed by atoms with Crippen LogP contribution in [0, 0.1) is 0 Å². The van der Waals surface area contributed by atoms with E-state index in [2.05, 4.69) is 5.32 Å². The average Bonchev–Trinajstić information content (AvgIpc) is 2.94. The Morgan fingerprint density at radius 2 is 1.65 bits per heavy atom. The van der Waals surface area contributed by atoms with Crippen molar-refractivity contribution in [3.8, 4) is 11.1 Å². The number of carbonyl (C=O) groups excluding carboxylic acids is 2. The lowest BCUT2D eigenvalue weighted by atomic mass is 9.98. The van der Waals surface area contributed by atoms with Crippen molar-refractivity contribution in [1.29, 1.82) is 0 Å². The van der Waals surface area contributed by atoms with Crippen molar-refractivity contribution in [3.05, 3.63) is 59.7 Å². The molecule has 1 amide bonds. The van der Waals surface area contributed by atoms with Gasteiger partial charge in [0.2, 0.25) is 0 Å². The molecule has 0 heterocycles. The SMILES string of the molecule is C[C@@](CC=O)(NC(=O)OCC1c2ccccc2-c2ccccc21)C(=O)O. The van der Waals surface area contributed by atoms with Crippen molar-refractivity contribution >= 4 is 18.3 Å². The second kappa shape index (κ2) is 7.00. The first-order valence-electron chi connectivity index (χ1n) is 8.26. The molecule has 2 aromatic rings. The van der Waals surface area contributed by atoms with E-state index in [4.69, 9.17) is 4.74 Å². The van der Waals surface area contributed by atoms with E-state index in [9.17, 15) is 19.5 Å². The molecule has 1 atom stereocenters. The number of amides is 1. The van der Waals surface area contributed by atoms with E-state index in [1.54, 1.807) is 0 Å². The number of rotatable bonds is 6. The van der Waals surface area contributed by atoms with Gasteiger partial charge >= 0.3 is 12.1 Å². The summed E-state index contributed by atoms with van der Waals surface area (Å²) in [5.74, 6) is -1.41. The fourth-order valence-corrected chi connectivity index (χ4v) is 3.22. The third-order valence-corrected chi connectivity index (χ3v) is 4.69. The fourth-order valence-electron chi connectivity index (χ4n) is 3.22. The van der Waals surface area contributed by atoms with Gasteiger partial charge in [0.05, 0.1) is 0 Å². The molecule has 6 nitrogen and oxygen atoms in total. The second-order valence-corrected chi connectivity index (χ2v) is 6.46. The first-order valence-corrected chi connectivity index (χ1v) is 8.26. The van der Waals surface area contributed by atoms with Gasteiger partial charge in [0, 0.05) is 12.3 Å². The first-order chi connectivity index (χ1) is 12.5. The van der Waals surface area contributed by atoms with Crippen LogP contribution in [0.4, 0.5) is 4.79 Å². The Balaban J connectivity index is 1.75. The zero-order chi connectivity index (χ0) is 18.7. The number of carboxylic acids is 1. The number of benzene rings is 2. The Hall–Kier alpha value is -3.15. The molecule has 1 aliphatic carbocycles. The van der Waals surface area contributed by atoms with Crippen molar-refractivity contribution in [3.63, 3.8) is 0 Å². The van der Waals surface area contributed by atoms with E-state index in [-0.39, 0.29) is 18.9 Å². The number of fused-ring (bicyclic) bond motifs is 3. The number of carboxylic acid groups (broad SMARTS) is 1. The zero-order valence-corrected chi connectivity index (χ0v) is 14.3. The lowest BCUT2D eigenvalue weighted by molar-refractivity contribution is -0.145. The number of carbonyl (C=O) groups is 3. The molecule has 0 spiro atoms. The second-order valence-electron chi connectivity index (χ2n) is 6.46. The standard InChI is InChI=1S/C20H19NO5/c1-20(10-11-22,18(23)24)21-19(25)26-12-17-15-8-4-2-6-13(15)14-7-3-5-9-16(14)17/h2-9,11,17H,10,12H2,1H3,(H,21,25)(H,23,24)/t20-/m0/s1. The van der Waals surface area contributed by atoms with Gasteiger partial charge in [0.25, 0.3) is 0 Å². The number of hydrogen-bond donors (Lipinski definition) is 2. The highest BCUT2D eigenvalue weighted by Gasteiger charge is 2.36. The summed E-state index contributed by atoms with van der Waals surface area (Å²) in [5, 5.41) is 11.5. The largest absolute Gasteiger partial charge is 0.480 e. The van der Waals surface area contributed by atoms with Gasteiger partial charge in [-0.15, -0.1) is 0 Å². The number of ether oxygens (including phenoxy) is 1. The van der Waals surface area contributed by atoms with Gasteiger partial charge in [0.1, 0.15) is 18.4 Å². The number of nitrogens with one attached hydrogen (secondary N) is 1. The Bertz CT molecular complexity index is 817. The van der Waals surface area contributed by atoms with Gasteiger partial charge in [-0.1, -0.05) is 48.5 Å². The summed E-state index contributed by atoms with van der Waals surface area (Å²) in [6.07, 6.45) is -0.747. The molecule has 0 bridgehead atoms. The minimum Gasteiger partial charge on any atom is -0.480 e. The number of aliphatic carboxylic acids is 1. The highest BCUT2D eigenvalue weighted by Crippen LogP contribution is 2.44. The summed E-state index contributed by atoms with van der Waals surface area (Å²) >= 11 is 0. The summed E-state index contributed by atoms with van der Waals surface area (Å²) in [6.45, 7) is 1.35. The Kier molecular flexibility index (Phi) is 4.75. The molecule has 3 rings (SSSR count). The minimum absolute atomic E-state index is 0.0800. The molecule has 0 aliphatic heterocycles. The van der Waals surface area contributed by atoms with Gasteiger partial charge in [-0.25, -0.2) is 9.59 Å². The minimum atomic E-state index is -1.69. The molecular formula is C20H19NO5. The van der Waals surface area contributed by atoms with Crippen LogP contribution in [0.5, 0.6) is 0 Å². The lowest BCUT2D eigenvalue weighted by Gasteiger charge is -2.24. The van der Waals surface area contributed by atoms with E-state index in [0.29, 0.717) is 6.29 Å². The van der Waals surface area contributed by atoms with Crippen molar-refractivity contribution in [1.82, 2.24) is 5.32 Å². The molecule has 0 unspecified atom stereocenters. The quantitative estimate of drug-likeness (QED) is 0.779. The Morgan fingerprint density at radius 1 is 1.12 bits per heavy atom. The maximum absolute atomic E-state index is 12.1. The van der Waals surface area contributed by atoms with Crippen LogP contribution >= 0.6 is 0 Å². The predicted molar refractivity (Wildman–Crippen MR) is 94.9 cm³/mol. The number of alkyl carbamates (subject to hydrolysis) is 1. The molecular weight excluding hydrogens is 334 g/mol. The highest BCUT2D eigenvalue weighted by atomic mass is 16.5. The van der Waals surface area contributed by atoms with Crippen LogP contribution in [-0.4, -0.2) is 35.6 Å². The molecule has 0 saturated carbocycles. The van der Waals surface area contributed by atoms with Crippen molar-refractivity contribution in [2.24, 2.45) is 0 Å². The maximum atomic E-state index is 12.1. The summed E-state index contributed by atoms with van der Waals surface area (Å²) in [7, 11) is 0. The van der Waals surface area contributed by atoms with E-state index in [1.807, 2.05) is 48.5 Å². The third kappa shape index (κ3) is 3.18. The van der Waals surface area contributed by atoms with Crippen LogP contribution in [-0.2, 0) is 14.3 Å². The molecule has 2 aromatic carbocycles. The van der Waals surface area contributed by atoms with Crippen molar-refractivity contribution in [2.75, 3.05) is 6.61 Å². The molecule has 0 aromatic heterocycles. The van der Waals surface area contributed by atoms with Crippen molar-refractivity contribution < 1.29 is 24.2 Å². The first kappa shape index (κ1) is 17.7. The molecule has 0 fully saturated rings. The zero-order valence-electron chi connectivity index (χ0n) is 14.3. The van der Waals surface area contributed by atoms with E-state index >= 15 is 0 Å². The molecule has 0 saturated heterocycles. The molecule has 6 heteroatoms. The lowest BCUT2D eigenvalue weighted by Crippen LogP contribution is -2.52. The van der Waals surface area contributed by atoms with Crippen LogP contribution in [0.3, 0.4) is 0 Å². The van der Waals surface area contributed by atoms with E-state index in [1.165, 1.54) is 6.92 Å². The van der Waals surface area contributed by atoms with Gasteiger partial charge in [-0.05, 0) is 29.2 Å². The van der Waals surface area contributed by atoms with Gasteiger partial charge in [-0.3, -0.25) is 0 Å². The summed E-state index contributed by atoms with van der Waals surface area (Å²) < 4.78 is 5.30. The smallest absolute Gasteiger partial charge is 0.408 e. The molecule has 134 valence electrons. The summed E-state index contributed by atoms with van der Waals surface area (Å²) in [4.78, 5) is 34.1. The summed E-state index contributed by atoms with van der Waals surface area (Å²) in [6, 6.07) is 15.8. The van der Waals surface area contributed by atoms with Crippen LogP contribution in [0.1, 0.15) is 30.4 Å². The van der Waals surface area contributed by atoms with Crippen LogP contribution in [0.2, 0.25) is 0 Å². The van der Waals surface area contributed by atoms with E-state index in [0.717, 1.165) is 22.3 Å². The normalized spacial score (nSPS) is 14.7. The van der Waals surface area contributed by atoms with Gasteiger partial charge < -0.3 is 20.0 Å². The van der Waals surface area contributed by atoms with Crippen LogP contribution < -0.4 is 5.32 Å². The third-order valence-electron chi connectivity index (χ3n) is 4.69. The maximum Gasteiger partial charge on any atom is 0.408 e. The number of aldehydes is 1. The number of hydrogen-bond acceptors (Lipinski definition) is 4. The molecule has 26 heavy (non-hydrogen) atoms. The monoisotopic (exact) mass is 353 g/mol. The topological polar surface area (TPSA) is 92.7 Å². The molecule has 0 radical (unpaired) electrons. The van der Waals surface area contributed by atoms with Gasteiger partial charge in [0.15, 0.2) is 0 Å². The van der Waals surface area contributed by atoms with Crippen molar-refractivity contribution in [2.45, 2.75) is 24.8 Å². The summed E-state index contributed by atoms with van der Waals surface area (Å²) in [5.41, 5.74) is 2.65. The fraction of sp³-hybridized carbons (Fsp3) is 0.250. The molecule has 2 N–H and O–H groups in total. The Morgan fingerprint density at radius 3 is 2.15 bits per heavy atom. The van der Waals surface area contributed by atoms with Crippen LogP contribution in [0.15, 0.2) is 48.5 Å². The van der Waals surface area contributed by atoms with Gasteiger partial charge in [-0.2, -0.15) is 0 Å².